The number of carbonyl (C=O) groups is 4. The monoisotopic (exact) mass is 543 g/mol. The molecule has 1 heterocycles. The van der Waals surface area contributed by atoms with Crippen LogP contribution in [0.3, 0.4) is 0 Å². The SMILES string of the molecule is CC(C(=O)NC(C(=O)N1CC(N)CC1C(=O)NCc1ccccc1)C1CCCCC1)N(C)C(=O)OC(C)(C)C. The fourth-order valence-electron chi connectivity index (χ4n) is 5.23. The molecule has 1 aromatic rings. The van der Waals surface area contributed by atoms with Gasteiger partial charge in [0, 0.05) is 26.2 Å². The molecule has 39 heavy (non-hydrogen) atoms. The van der Waals surface area contributed by atoms with Crippen LogP contribution in [0.4, 0.5) is 4.79 Å². The lowest BCUT2D eigenvalue weighted by molar-refractivity contribution is -0.143. The van der Waals surface area contributed by atoms with E-state index in [-0.39, 0.29) is 30.3 Å². The van der Waals surface area contributed by atoms with Crippen molar-refractivity contribution < 1.29 is 23.9 Å². The molecule has 1 saturated carbocycles. The lowest BCUT2D eigenvalue weighted by Crippen LogP contribution is -2.59. The number of benzene rings is 1. The highest BCUT2D eigenvalue weighted by Gasteiger charge is 2.43. The zero-order valence-corrected chi connectivity index (χ0v) is 23.9. The number of nitrogens with one attached hydrogen (secondary N) is 2. The number of ether oxygens (including phenoxy) is 1. The first-order valence-electron chi connectivity index (χ1n) is 14.0. The van der Waals surface area contributed by atoms with E-state index in [9.17, 15) is 19.2 Å². The maximum atomic E-state index is 14.0. The van der Waals surface area contributed by atoms with Gasteiger partial charge in [-0.1, -0.05) is 49.6 Å². The lowest BCUT2D eigenvalue weighted by Gasteiger charge is -2.36. The zero-order chi connectivity index (χ0) is 28.7. The summed E-state index contributed by atoms with van der Waals surface area (Å²) >= 11 is 0. The summed E-state index contributed by atoms with van der Waals surface area (Å²) in [5.41, 5.74) is 6.49. The van der Waals surface area contributed by atoms with Crippen LogP contribution < -0.4 is 16.4 Å². The first-order valence-corrected chi connectivity index (χ1v) is 14.0. The molecular formula is C29H45N5O5. The van der Waals surface area contributed by atoms with Crippen LogP contribution in [-0.2, 0) is 25.7 Å². The molecule has 4 atom stereocenters. The highest BCUT2D eigenvalue weighted by molar-refractivity contribution is 5.94. The van der Waals surface area contributed by atoms with Gasteiger partial charge in [-0.3, -0.25) is 19.3 Å². The largest absolute Gasteiger partial charge is 0.444 e. The maximum Gasteiger partial charge on any atom is 0.410 e. The van der Waals surface area contributed by atoms with E-state index in [1.165, 1.54) is 16.8 Å². The van der Waals surface area contributed by atoms with Gasteiger partial charge in [0.1, 0.15) is 23.7 Å². The summed E-state index contributed by atoms with van der Waals surface area (Å²) in [5.74, 6) is -1.05. The van der Waals surface area contributed by atoms with Crippen LogP contribution in [0.25, 0.3) is 0 Å². The first-order chi connectivity index (χ1) is 18.4. The number of likely N-dealkylation sites (N-methyl/N-ethyl adjacent to an activating group) is 1. The van der Waals surface area contributed by atoms with E-state index in [2.05, 4.69) is 10.6 Å². The molecule has 1 aliphatic heterocycles. The van der Waals surface area contributed by atoms with Gasteiger partial charge in [-0.15, -0.1) is 0 Å². The van der Waals surface area contributed by atoms with Crippen molar-refractivity contribution in [2.24, 2.45) is 11.7 Å². The molecule has 0 bridgehead atoms. The Bertz CT molecular complexity index is 1010. The Morgan fingerprint density at radius 3 is 2.36 bits per heavy atom. The maximum absolute atomic E-state index is 14.0. The molecule has 3 rings (SSSR count). The molecule has 2 fully saturated rings. The van der Waals surface area contributed by atoms with Gasteiger partial charge in [-0.05, 0) is 58.4 Å². The standard InChI is InChI=1S/C29H45N5O5/c1-19(33(5)28(38)39-29(2,3)4)25(35)32-24(21-14-10-7-11-15-21)27(37)34-18-22(30)16-23(34)26(36)31-17-20-12-8-6-9-13-20/h6,8-9,12-13,19,21-24H,7,10-11,14-18,30H2,1-5H3,(H,31,36)(H,32,35). The Kier molecular flexibility index (Phi) is 10.4. The molecule has 4 unspecified atom stereocenters. The Balaban J connectivity index is 1.74. The predicted molar refractivity (Wildman–Crippen MR) is 148 cm³/mol. The summed E-state index contributed by atoms with van der Waals surface area (Å²) < 4.78 is 5.40. The van der Waals surface area contributed by atoms with E-state index in [1.807, 2.05) is 30.3 Å². The minimum Gasteiger partial charge on any atom is -0.444 e. The minimum absolute atomic E-state index is 0.0564. The third-order valence-electron chi connectivity index (χ3n) is 7.56. The second-order valence-corrected chi connectivity index (χ2v) is 11.9. The van der Waals surface area contributed by atoms with Gasteiger partial charge in [0.2, 0.25) is 17.7 Å². The van der Waals surface area contributed by atoms with Crippen molar-refractivity contribution in [2.45, 2.75) is 103 Å². The molecule has 0 radical (unpaired) electrons. The summed E-state index contributed by atoms with van der Waals surface area (Å²) in [6.45, 7) is 7.48. The van der Waals surface area contributed by atoms with Crippen LogP contribution in [0, 0.1) is 5.92 Å². The number of likely N-dealkylation sites (tertiary alicyclic amines) is 1. The molecule has 1 saturated heterocycles. The minimum atomic E-state index is -0.857. The van der Waals surface area contributed by atoms with E-state index >= 15 is 0 Å². The second kappa shape index (κ2) is 13.3. The normalized spacial score (nSPS) is 21.5. The van der Waals surface area contributed by atoms with Gasteiger partial charge in [-0.2, -0.15) is 0 Å². The molecule has 0 spiro atoms. The van der Waals surface area contributed by atoms with Gasteiger partial charge in [0.05, 0.1) is 0 Å². The summed E-state index contributed by atoms with van der Waals surface area (Å²) in [4.78, 5) is 55.8. The van der Waals surface area contributed by atoms with Crippen LogP contribution in [0.5, 0.6) is 0 Å². The lowest BCUT2D eigenvalue weighted by atomic mass is 9.83. The van der Waals surface area contributed by atoms with Crippen LogP contribution in [-0.4, -0.2) is 77.0 Å². The average Bonchev–Trinajstić information content (AvgIpc) is 3.30. The number of amides is 4. The topological polar surface area (TPSA) is 134 Å². The molecule has 10 nitrogen and oxygen atoms in total. The van der Waals surface area contributed by atoms with Gasteiger partial charge in [0.15, 0.2) is 0 Å². The van der Waals surface area contributed by atoms with Gasteiger partial charge in [0.25, 0.3) is 0 Å². The number of hydrogen-bond donors (Lipinski definition) is 3. The fraction of sp³-hybridized carbons (Fsp3) is 0.655. The summed E-state index contributed by atoms with van der Waals surface area (Å²) in [6, 6.07) is 6.87. The highest BCUT2D eigenvalue weighted by Crippen LogP contribution is 2.29. The van der Waals surface area contributed by atoms with E-state index in [0.29, 0.717) is 13.0 Å². The van der Waals surface area contributed by atoms with Gasteiger partial charge < -0.3 is 26.0 Å². The van der Waals surface area contributed by atoms with Crippen LogP contribution >= 0.6 is 0 Å². The van der Waals surface area contributed by atoms with Crippen LogP contribution in [0.15, 0.2) is 30.3 Å². The smallest absolute Gasteiger partial charge is 0.410 e. The zero-order valence-electron chi connectivity index (χ0n) is 23.9. The molecule has 216 valence electrons. The Hall–Kier alpha value is -3.14. The van der Waals surface area contributed by atoms with E-state index in [4.69, 9.17) is 10.5 Å². The van der Waals surface area contributed by atoms with E-state index in [0.717, 1.165) is 37.7 Å². The summed E-state index contributed by atoms with van der Waals surface area (Å²) in [6.07, 6.45) is 4.37. The van der Waals surface area contributed by atoms with Crippen LogP contribution in [0.2, 0.25) is 0 Å². The number of hydrogen-bond acceptors (Lipinski definition) is 6. The van der Waals surface area contributed by atoms with Crippen molar-refractivity contribution in [1.82, 2.24) is 20.4 Å². The highest BCUT2D eigenvalue weighted by atomic mass is 16.6. The quantitative estimate of drug-likeness (QED) is 0.461. The summed E-state index contributed by atoms with van der Waals surface area (Å²) in [7, 11) is 1.50. The van der Waals surface area contributed by atoms with Crippen molar-refractivity contribution in [3.8, 4) is 0 Å². The number of rotatable bonds is 8. The van der Waals surface area contributed by atoms with Gasteiger partial charge >= 0.3 is 6.09 Å². The molecule has 1 aromatic carbocycles. The Labute approximate surface area is 232 Å². The van der Waals surface area contributed by atoms with Crippen molar-refractivity contribution in [3.05, 3.63) is 35.9 Å². The predicted octanol–water partition coefficient (Wildman–Crippen LogP) is 2.55. The third-order valence-corrected chi connectivity index (χ3v) is 7.56. The van der Waals surface area contributed by atoms with E-state index in [1.54, 1.807) is 27.7 Å². The number of nitrogens with zero attached hydrogens (tertiary/aromatic N) is 2. The van der Waals surface area contributed by atoms with Crippen molar-refractivity contribution in [2.75, 3.05) is 13.6 Å². The van der Waals surface area contributed by atoms with Gasteiger partial charge in [-0.25, -0.2) is 4.79 Å². The molecule has 10 heteroatoms. The Morgan fingerprint density at radius 1 is 1.10 bits per heavy atom. The second-order valence-electron chi connectivity index (χ2n) is 11.9. The first kappa shape index (κ1) is 30.4. The number of carbonyl (C=O) groups excluding carboxylic acids is 4. The molecule has 2 aliphatic rings. The van der Waals surface area contributed by atoms with Crippen molar-refractivity contribution >= 4 is 23.8 Å². The van der Waals surface area contributed by atoms with Crippen LogP contribution in [0.1, 0.15) is 71.8 Å². The molecule has 0 aromatic heterocycles. The molecule has 1 aliphatic carbocycles. The average molecular weight is 544 g/mol. The van der Waals surface area contributed by atoms with E-state index < -0.39 is 35.7 Å². The van der Waals surface area contributed by atoms with Crippen molar-refractivity contribution in [1.29, 1.82) is 0 Å². The molecule has 4 amide bonds. The summed E-state index contributed by atoms with van der Waals surface area (Å²) in [5, 5.41) is 5.88. The third kappa shape index (κ3) is 8.42. The molecular weight excluding hydrogens is 498 g/mol. The Morgan fingerprint density at radius 2 is 1.74 bits per heavy atom. The fourth-order valence-corrected chi connectivity index (χ4v) is 5.23. The molecule has 4 N–H and O–H groups in total. The number of nitrogens with two attached hydrogens (primary N) is 1. The van der Waals surface area contributed by atoms with Crippen molar-refractivity contribution in [3.63, 3.8) is 0 Å².